The summed E-state index contributed by atoms with van der Waals surface area (Å²) in [4.78, 5) is 12.2. The molecular formula is C18H17ClN4O2. The van der Waals surface area contributed by atoms with Crippen LogP contribution >= 0.6 is 11.6 Å². The molecular weight excluding hydrogens is 340 g/mol. The molecule has 0 unspecified atom stereocenters. The molecule has 7 heteroatoms. The maximum Gasteiger partial charge on any atom is 0.157 e. The Balaban J connectivity index is 1.81. The molecule has 1 aromatic carbocycles. The molecule has 1 fully saturated rings. The summed E-state index contributed by atoms with van der Waals surface area (Å²) in [5, 5.41) is 9.52. The summed E-state index contributed by atoms with van der Waals surface area (Å²) < 4.78 is 8.86. The van der Waals surface area contributed by atoms with Gasteiger partial charge in [-0.15, -0.1) is 0 Å². The third kappa shape index (κ3) is 3.17. The largest absolute Gasteiger partial charge is 0.496 e. The summed E-state index contributed by atoms with van der Waals surface area (Å²) in [6.45, 7) is 0.266. The second-order valence-electron chi connectivity index (χ2n) is 6.10. The van der Waals surface area contributed by atoms with E-state index in [0.29, 0.717) is 16.5 Å². The van der Waals surface area contributed by atoms with Gasteiger partial charge in [-0.2, -0.15) is 10.2 Å². The van der Waals surface area contributed by atoms with Gasteiger partial charge in [-0.1, -0.05) is 11.6 Å². The van der Waals surface area contributed by atoms with Gasteiger partial charge in [-0.05, 0) is 37.1 Å². The average Bonchev–Trinajstić information content (AvgIpc) is 3.16. The molecule has 6 nitrogen and oxygen atoms in total. The fourth-order valence-electron chi connectivity index (χ4n) is 2.82. The topological polar surface area (TPSA) is 61.9 Å². The fraction of sp³-hybridized carbons (Fsp3) is 0.278. The van der Waals surface area contributed by atoms with Crippen molar-refractivity contribution in [2.24, 2.45) is 5.92 Å². The third-order valence-electron chi connectivity index (χ3n) is 4.26. The van der Waals surface area contributed by atoms with Gasteiger partial charge in [0.1, 0.15) is 17.1 Å². The van der Waals surface area contributed by atoms with Crippen molar-refractivity contribution in [3.05, 3.63) is 47.9 Å². The van der Waals surface area contributed by atoms with Crippen LogP contribution < -0.4 is 4.74 Å². The Morgan fingerprint density at radius 2 is 2.24 bits per heavy atom. The molecule has 0 amide bonds. The lowest BCUT2D eigenvalue weighted by Gasteiger charge is -2.08. The Kier molecular flexibility index (Phi) is 4.05. The van der Waals surface area contributed by atoms with Crippen molar-refractivity contribution in [2.75, 3.05) is 7.11 Å². The average molecular weight is 357 g/mol. The first kappa shape index (κ1) is 15.9. The predicted octanol–water partition coefficient (Wildman–Crippen LogP) is 3.38. The van der Waals surface area contributed by atoms with E-state index in [1.54, 1.807) is 34.8 Å². The van der Waals surface area contributed by atoms with Crippen LogP contribution in [0.25, 0.3) is 16.9 Å². The van der Waals surface area contributed by atoms with Gasteiger partial charge in [0.05, 0.1) is 19.9 Å². The van der Waals surface area contributed by atoms with Crippen molar-refractivity contribution in [1.29, 1.82) is 0 Å². The number of Topliss-reactive ketones (excluding diaryl/α,β-unsaturated/α-hetero) is 1. The van der Waals surface area contributed by atoms with Crippen molar-refractivity contribution in [3.63, 3.8) is 0 Å². The van der Waals surface area contributed by atoms with Crippen LogP contribution in [0.5, 0.6) is 5.75 Å². The predicted molar refractivity (Wildman–Crippen MR) is 94.1 cm³/mol. The first-order chi connectivity index (χ1) is 12.2. The van der Waals surface area contributed by atoms with Gasteiger partial charge in [0.25, 0.3) is 0 Å². The summed E-state index contributed by atoms with van der Waals surface area (Å²) in [6, 6.07) is 7.22. The zero-order chi connectivity index (χ0) is 17.4. The molecule has 128 valence electrons. The number of aromatic nitrogens is 4. The van der Waals surface area contributed by atoms with Crippen LogP contribution in [0.3, 0.4) is 0 Å². The molecule has 3 aromatic rings. The molecule has 0 aliphatic heterocycles. The fourth-order valence-corrected chi connectivity index (χ4v) is 2.99. The lowest BCUT2D eigenvalue weighted by atomic mass is 10.1. The highest BCUT2D eigenvalue weighted by Crippen LogP contribution is 2.35. The highest BCUT2D eigenvalue weighted by Gasteiger charge is 2.30. The van der Waals surface area contributed by atoms with Crippen LogP contribution in [0.2, 0.25) is 5.02 Å². The van der Waals surface area contributed by atoms with Gasteiger partial charge >= 0.3 is 0 Å². The molecule has 1 aliphatic rings. The second kappa shape index (κ2) is 6.37. The van der Waals surface area contributed by atoms with Gasteiger partial charge < -0.3 is 4.74 Å². The maximum absolute atomic E-state index is 12.2. The minimum atomic E-state index is 0.196. The van der Waals surface area contributed by atoms with Gasteiger partial charge in [0, 0.05) is 28.9 Å². The van der Waals surface area contributed by atoms with E-state index in [-0.39, 0.29) is 18.2 Å². The summed E-state index contributed by atoms with van der Waals surface area (Å²) >= 11 is 6.18. The van der Waals surface area contributed by atoms with E-state index in [0.717, 1.165) is 24.1 Å². The Morgan fingerprint density at radius 1 is 1.40 bits per heavy atom. The quantitative estimate of drug-likeness (QED) is 0.679. The Bertz CT molecular complexity index is 913. The number of carbonyl (C=O) groups excluding carboxylic acids is 1. The van der Waals surface area contributed by atoms with E-state index in [2.05, 4.69) is 10.2 Å². The lowest BCUT2D eigenvalue weighted by molar-refractivity contribution is -0.120. The maximum atomic E-state index is 12.2. The van der Waals surface area contributed by atoms with Crippen LogP contribution in [-0.4, -0.2) is 32.5 Å². The molecule has 1 saturated carbocycles. The standard InChI is InChI=1S/C18H17ClN4O2/c1-25-17-6-5-13(19)9-14(17)18-15(23-8-2-7-20-23)10-22(21-18)11-16(24)12-3-4-12/h2,5-10,12H,3-4,11H2,1H3. The third-order valence-corrected chi connectivity index (χ3v) is 4.50. The lowest BCUT2D eigenvalue weighted by Crippen LogP contribution is -2.12. The number of rotatable bonds is 6. The summed E-state index contributed by atoms with van der Waals surface area (Å²) in [5.41, 5.74) is 2.21. The molecule has 0 spiro atoms. The SMILES string of the molecule is COc1ccc(Cl)cc1-c1nn(CC(=O)C2CC2)cc1-n1cccn1. The van der Waals surface area contributed by atoms with Crippen LogP contribution in [0.1, 0.15) is 12.8 Å². The highest BCUT2D eigenvalue weighted by atomic mass is 35.5. The molecule has 0 radical (unpaired) electrons. The Labute approximate surface area is 150 Å². The number of ketones is 1. The van der Waals surface area contributed by atoms with Crippen LogP contribution in [-0.2, 0) is 11.3 Å². The van der Waals surface area contributed by atoms with Crippen molar-refractivity contribution >= 4 is 17.4 Å². The van der Waals surface area contributed by atoms with E-state index in [4.69, 9.17) is 16.3 Å². The van der Waals surface area contributed by atoms with E-state index in [1.165, 1.54) is 0 Å². The van der Waals surface area contributed by atoms with Gasteiger partial charge in [0.2, 0.25) is 0 Å². The number of halogens is 1. The van der Waals surface area contributed by atoms with Crippen molar-refractivity contribution in [3.8, 4) is 22.7 Å². The first-order valence-electron chi connectivity index (χ1n) is 8.10. The van der Waals surface area contributed by atoms with Crippen LogP contribution in [0, 0.1) is 5.92 Å². The summed E-state index contributed by atoms with van der Waals surface area (Å²) in [7, 11) is 1.61. The molecule has 0 bridgehead atoms. The van der Waals surface area contributed by atoms with E-state index < -0.39 is 0 Å². The minimum Gasteiger partial charge on any atom is -0.496 e. The normalized spacial score (nSPS) is 13.8. The molecule has 1 aliphatic carbocycles. The number of hydrogen-bond acceptors (Lipinski definition) is 4. The van der Waals surface area contributed by atoms with Gasteiger partial charge in [-0.3, -0.25) is 9.48 Å². The van der Waals surface area contributed by atoms with Crippen LogP contribution in [0.15, 0.2) is 42.9 Å². The van der Waals surface area contributed by atoms with E-state index >= 15 is 0 Å². The number of hydrogen-bond donors (Lipinski definition) is 0. The zero-order valence-corrected chi connectivity index (χ0v) is 14.5. The number of ether oxygens (including phenoxy) is 1. The molecule has 0 saturated heterocycles. The van der Waals surface area contributed by atoms with E-state index in [1.807, 2.05) is 24.5 Å². The second-order valence-corrected chi connectivity index (χ2v) is 6.53. The van der Waals surface area contributed by atoms with Crippen LogP contribution in [0.4, 0.5) is 0 Å². The number of methoxy groups -OCH3 is 1. The molecule has 0 atom stereocenters. The minimum absolute atomic E-state index is 0.196. The number of carbonyl (C=O) groups is 1. The molecule has 2 aromatic heterocycles. The summed E-state index contributed by atoms with van der Waals surface area (Å²) in [5.74, 6) is 1.08. The molecule has 0 N–H and O–H groups in total. The molecule has 4 rings (SSSR count). The van der Waals surface area contributed by atoms with Crippen molar-refractivity contribution in [1.82, 2.24) is 19.6 Å². The smallest absolute Gasteiger partial charge is 0.157 e. The number of benzene rings is 1. The Hall–Kier alpha value is -2.60. The molecule has 25 heavy (non-hydrogen) atoms. The highest BCUT2D eigenvalue weighted by molar-refractivity contribution is 6.31. The summed E-state index contributed by atoms with van der Waals surface area (Å²) in [6.07, 6.45) is 7.35. The van der Waals surface area contributed by atoms with Gasteiger partial charge in [0.15, 0.2) is 5.78 Å². The van der Waals surface area contributed by atoms with Crippen molar-refractivity contribution < 1.29 is 9.53 Å². The van der Waals surface area contributed by atoms with E-state index in [9.17, 15) is 4.79 Å². The Morgan fingerprint density at radius 3 is 2.92 bits per heavy atom. The monoisotopic (exact) mass is 356 g/mol. The first-order valence-corrected chi connectivity index (χ1v) is 8.47. The zero-order valence-electron chi connectivity index (χ0n) is 13.7. The van der Waals surface area contributed by atoms with Gasteiger partial charge in [-0.25, -0.2) is 4.68 Å². The number of nitrogens with zero attached hydrogens (tertiary/aromatic N) is 4. The van der Waals surface area contributed by atoms with Crippen molar-refractivity contribution in [2.45, 2.75) is 19.4 Å². The molecule has 2 heterocycles.